The van der Waals surface area contributed by atoms with Crippen molar-refractivity contribution in [2.75, 3.05) is 6.61 Å². The van der Waals surface area contributed by atoms with E-state index < -0.39 is 12.0 Å². The molecule has 0 spiro atoms. The number of allylic oxidation sites excluding steroid dienone is 1. The molecular weight excluding hydrogens is 591 g/mol. The van der Waals surface area contributed by atoms with Crippen LogP contribution in [0.1, 0.15) is 36.6 Å². The Kier molecular flexibility index (Phi) is 8.47. The first-order valence-corrected chi connectivity index (χ1v) is 14.3. The van der Waals surface area contributed by atoms with Gasteiger partial charge in [0, 0.05) is 20.6 Å². The highest BCUT2D eigenvalue weighted by molar-refractivity contribution is 7.07. The van der Waals surface area contributed by atoms with Crippen molar-refractivity contribution in [2.24, 2.45) is 4.99 Å². The number of hydrogen-bond acceptors (Lipinski definition) is 6. The number of benzene rings is 3. The molecule has 1 aliphatic rings. The molecule has 4 aromatic rings. The number of aromatic nitrogens is 1. The fraction of sp³-hybridized carbons (Fsp3) is 0.167. The first kappa shape index (κ1) is 28.2. The van der Waals surface area contributed by atoms with Gasteiger partial charge in [-0.1, -0.05) is 82.5 Å². The lowest BCUT2D eigenvalue weighted by Crippen LogP contribution is -2.40. The van der Waals surface area contributed by atoms with Crippen LogP contribution < -0.4 is 19.6 Å². The summed E-state index contributed by atoms with van der Waals surface area (Å²) in [6, 6.07) is 19.0. The lowest BCUT2D eigenvalue weighted by Gasteiger charge is -2.25. The van der Waals surface area contributed by atoms with Crippen LogP contribution in [0.25, 0.3) is 6.08 Å². The zero-order valence-electron chi connectivity index (χ0n) is 21.5. The average molecular weight is 614 g/mol. The van der Waals surface area contributed by atoms with Crippen LogP contribution in [0.3, 0.4) is 0 Å². The summed E-state index contributed by atoms with van der Waals surface area (Å²) in [6.07, 6.45) is 1.79. The van der Waals surface area contributed by atoms with Crippen molar-refractivity contribution in [3.63, 3.8) is 0 Å². The highest BCUT2D eigenvalue weighted by atomic mass is 35.5. The van der Waals surface area contributed by atoms with Crippen LogP contribution in [0, 0.1) is 0 Å². The van der Waals surface area contributed by atoms with E-state index in [1.807, 2.05) is 36.4 Å². The maximum Gasteiger partial charge on any atom is 0.338 e. The molecule has 0 radical (unpaired) electrons. The SMILES string of the molecule is CCOC(=O)C1=C(C)N=c2s/c(=C\c3ccc(OCc4ccc(Cl)cc4Cl)cc3)c(=O)n2[C@H]1c1ccccc1Cl. The third kappa shape index (κ3) is 5.74. The molecule has 40 heavy (non-hydrogen) atoms. The Balaban J connectivity index is 1.49. The molecule has 204 valence electrons. The van der Waals surface area contributed by atoms with Crippen LogP contribution in [-0.2, 0) is 16.1 Å². The monoisotopic (exact) mass is 612 g/mol. The molecule has 5 rings (SSSR count). The summed E-state index contributed by atoms with van der Waals surface area (Å²) in [7, 11) is 0. The highest BCUT2D eigenvalue weighted by Crippen LogP contribution is 2.34. The fourth-order valence-corrected chi connectivity index (χ4v) is 6.14. The van der Waals surface area contributed by atoms with Crippen LogP contribution in [-0.4, -0.2) is 17.1 Å². The number of halogens is 3. The quantitative estimate of drug-likeness (QED) is 0.228. The van der Waals surface area contributed by atoms with E-state index in [-0.39, 0.29) is 24.3 Å². The third-order valence-corrected chi connectivity index (χ3v) is 8.22. The summed E-state index contributed by atoms with van der Waals surface area (Å²) in [5.41, 5.74) is 2.74. The molecule has 0 saturated carbocycles. The minimum atomic E-state index is -0.762. The summed E-state index contributed by atoms with van der Waals surface area (Å²) in [5, 5.41) is 1.54. The summed E-state index contributed by atoms with van der Waals surface area (Å²) in [5.74, 6) is 0.122. The van der Waals surface area contributed by atoms with Crippen molar-refractivity contribution in [2.45, 2.75) is 26.5 Å². The summed E-state index contributed by atoms with van der Waals surface area (Å²) in [6.45, 7) is 3.96. The van der Waals surface area contributed by atoms with Gasteiger partial charge in [0.25, 0.3) is 5.56 Å². The number of carbonyl (C=O) groups is 1. The lowest BCUT2D eigenvalue weighted by molar-refractivity contribution is -0.139. The molecule has 1 aliphatic heterocycles. The van der Waals surface area contributed by atoms with Crippen LogP contribution in [0.5, 0.6) is 5.75 Å². The summed E-state index contributed by atoms with van der Waals surface area (Å²) >= 11 is 20.0. The number of nitrogens with zero attached hydrogens (tertiary/aromatic N) is 2. The van der Waals surface area contributed by atoms with Crippen LogP contribution in [0.2, 0.25) is 15.1 Å². The molecule has 2 heterocycles. The van der Waals surface area contributed by atoms with Crippen LogP contribution in [0.4, 0.5) is 0 Å². The molecule has 0 bridgehead atoms. The zero-order valence-corrected chi connectivity index (χ0v) is 24.6. The molecule has 3 aromatic carbocycles. The number of thiazole rings is 1. The maximum absolute atomic E-state index is 13.7. The van der Waals surface area contributed by atoms with E-state index in [4.69, 9.17) is 44.3 Å². The topological polar surface area (TPSA) is 69.9 Å². The largest absolute Gasteiger partial charge is 0.489 e. The number of rotatable bonds is 7. The van der Waals surface area contributed by atoms with Gasteiger partial charge < -0.3 is 9.47 Å². The molecule has 10 heteroatoms. The van der Waals surface area contributed by atoms with E-state index in [0.717, 1.165) is 11.1 Å². The molecule has 0 amide bonds. The summed E-state index contributed by atoms with van der Waals surface area (Å²) in [4.78, 5) is 31.8. The first-order valence-electron chi connectivity index (χ1n) is 12.4. The second-order valence-electron chi connectivity index (χ2n) is 8.92. The van der Waals surface area contributed by atoms with Crippen molar-refractivity contribution in [1.82, 2.24) is 4.57 Å². The maximum atomic E-state index is 13.7. The minimum Gasteiger partial charge on any atom is -0.489 e. The minimum absolute atomic E-state index is 0.196. The molecule has 1 aromatic heterocycles. The van der Waals surface area contributed by atoms with Crippen molar-refractivity contribution in [3.05, 3.63) is 129 Å². The average Bonchev–Trinajstić information content (AvgIpc) is 3.22. The Hall–Kier alpha value is -3.36. The second kappa shape index (κ2) is 12.0. The lowest BCUT2D eigenvalue weighted by atomic mass is 9.96. The highest BCUT2D eigenvalue weighted by Gasteiger charge is 2.34. The second-order valence-corrected chi connectivity index (χ2v) is 11.2. The van der Waals surface area contributed by atoms with E-state index in [0.29, 0.717) is 41.4 Å². The number of carbonyl (C=O) groups excluding carboxylic acids is 1. The number of fused-ring (bicyclic) bond motifs is 1. The standard InChI is InChI=1S/C30H23Cl3N2O4S/c1-3-38-29(37)26-17(2)34-30-35(27(26)22-6-4-5-7-23(22)32)28(36)25(40-30)14-18-8-12-21(13-9-18)39-16-19-10-11-20(31)15-24(19)33/h4-15,27H,3,16H2,1-2H3/b25-14-/t27-/m0/s1. The molecule has 0 saturated heterocycles. The first-order chi connectivity index (χ1) is 19.3. The Bertz CT molecular complexity index is 1810. The molecule has 0 unspecified atom stereocenters. The van der Waals surface area contributed by atoms with Gasteiger partial charge in [-0.05, 0) is 61.4 Å². The van der Waals surface area contributed by atoms with Gasteiger partial charge >= 0.3 is 5.97 Å². The van der Waals surface area contributed by atoms with Gasteiger partial charge in [0.2, 0.25) is 0 Å². The van der Waals surface area contributed by atoms with Crippen LogP contribution >= 0.6 is 46.1 Å². The smallest absolute Gasteiger partial charge is 0.338 e. The predicted octanol–water partition coefficient (Wildman–Crippen LogP) is 6.34. The van der Waals surface area contributed by atoms with Gasteiger partial charge in [0.1, 0.15) is 18.4 Å². The van der Waals surface area contributed by atoms with Crippen molar-refractivity contribution >= 4 is 58.2 Å². The molecule has 0 aliphatic carbocycles. The van der Waals surface area contributed by atoms with Gasteiger partial charge in [0.05, 0.1) is 22.4 Å². The molecule has 0 fully saturated rings. The molecule has 1 atom stereocenters. The molecule has 6 nitrogen and oxygen atoms in total. The van der Waals surface area contributed by atoms with Gasteiger partial charge in [-0.15, -0.1) is 0 Å². The predicted molar refractivity (Wildman–Crippen MR) is 159 cm³/mol. The number of hydrogen-bond donors (Lipinski definition) is 0. The van der Waals surface area contributed by atoms with Crippen molar-refractivity contribution in [1.29, 1.82) is 0 Å². The van der Waals surface area contributed by atoms with Gasteiger partial charge in [-0.25, -0.2) is 9.79 Å². The van der Waals surface area contributed by atoms with E-state index in [2.05, 4.69) is 4.99 Å². The number of esters is 1. The van der Waals surface area contributed by atoms with E-state index in [1.54, 1.807) is 50.3 Å². The molecular formula is C30H23Cl3N2O4S. The third-order valence-electron chi connectivity index (χ3n) is 6.30. The number of ether oxygens (including phenoxy) is 2. The van der Waals surface area contributed by atoms with Gasteiger partial charge in [-0.3, -0.25) is 9.36 Å². The Morgan fingerprint density at radius 1 is 1.05 bits per heavy atom. The fourth-order valence-electron chi connectivity index (χ4n) is 4.39. The Labute approximate surface area is 249 Å². The molecule has 0 N–H and O–H groups in total. The Morgan fingerprint density at radius 2 is 1.80 bits per heavy atom. The van der Waals surface area contributed by atoms with E-state index in [1.165, 1.54) is 15.9 Å². The summed E-state index contributed by atoms with van der Waals surface area (Å²) < 4.78 is 13.2. The Morgan fingerprint density at radius 3 is 2.50 bits per heavy atom. The van der Waals surface area contributed by atoms with E-state index in [9.17, 15) is 9.59 Å². The van der Waals surface area contributed by atoms with E-state index >= 15 is 0 Å². The van der Waals surface area contributed by atoms with Crippen molar-refractivity contribution < 1.29 is 14.3 Å². The van der Waals surface area contributed by atoms with Crippen LogP contribution in [0.15, 0.2) is 87.8 Å². The zero-order chi connectivity index (χ0) is 28.4. The normalized spacial score (nSPS) is 15.0. The van der Waals surface area contributed by atoms with Gasteiger partial charge in [-0.2, -0.15) is 0 Å². The van der Waals surface area contributed by atoms with Crippen molar-refractivity contribution in [3.8, 4) is 5.75 Å². The van der Waals surface area contributed by atoms with Gasteiger partial charge in [0.15, 0.2) is 4.80 Å².